The van der Waals surface area contributed by atoms with Gasteiger partial charge in [-0.1, -0.05) is 25.0 Å². The summed E-state index contributed by atoms with van der Waals surface area (Å²) in [4.78, 5) is 7.20. The minimum absolute atomic E-state index is 0. The van der Waals surface area contributed by atoms with Crippen LogP contribution in [0, 0.1) is 5.41 Å². The molecule has 0 heterocycles. The summed E-state index contributed by atoms with van der Waals surface area (Å²) >= 11 is 0. The number of ether oxygens (including phenoxy) is 2. The van der Waals surface area contributed by atoms with Gasteiger partial charge in [0.05, 0.1) is 13.2 Å². The zero-order valence-corrected chi connectivity index (χ0v) is 21.7. The van der Waals surface area contributed by atoms with Crippen molar-refractivity contribution in [3.05, 3.63) is 29.8 Å². The molecular weight excluding hydrogens is 491 g/mol. The van der Waals surface area contributed by atoms with Gasteiger partial charge >= 0.3 is 0 Å². The molecule has 1 atom stereocenters. The van der Waals surface area contributed by atoms with Crippen LogP contribution in [0.5, 0.6) is 5.75 Å². The second-order valence-electron chi connectivity index (χ2n) is 8.28. The third-order valence-corrected chi connectivity index (χ3v) is 5.98. The van der Waals surface area contributed by atoms with E-state index in [1.165, 1.54) is 31.2 Å². The van der Waals surface area contributed by atoms with E-state index in [0.29, 0.717) is 5.41 Å². The first-order valence-electron chi connectivity index (χ1n) is 10.8. The fourth-order valence-electron chi connectivity index (χ4n) is 4.16. The zero-order chi connectivity index (χ0) is 21.1. The van der Waals surface area contributed by atoms with E-state index >= 15 is 0 Å². The van der Waals surface area contributed by atoms with Gasteiger partial charge in [0.15, 0.2) is 5.96 Å². The van der Waals surface area contributed by atoms with Gasteiger partial charge in [0.1, 0.15) is 5.75 Å². The quantitative estimate of drug-likeness (QED) is 0.256. The first-order valence-corrected chi connectivity index (χ1v) is 10.8. The smallest absolute Gasteiger partial charge is 0.191 e. The van der Waals surface area contributed by atoms with Crippen LogP contribution in [0.1, 0.15) is 50.6 Å². The number of guanidine groups is 1. The molecule has 30 heavy (non-hydrogen) atoms. The molecule has 0 radical (unpaired) electrons. The summed E-state index contributed by atoms with van der Waals surface area (Å²) in [5.41, 5.74) is 1.52. The molecule has 2 rings (SSSR count). The van der Waals surface area contributed by atoms with E-state index in [-0.39, 0.29) is 30.0 Å². The van der Waals surface area contributed by atoms with Crippen LogP contribution in [0.25, 0.3) is 0 Å². The van der Waals surface area contributed by atoms with E-state index in [2.05, 4.69) is 48.7 Å². The summed E-state index contributed by atoms with van der Waals surface area (Å²) in [6.45, 7) is 5.41. The molecule has 0 saturated heterocycles. The lowest BCUT2D eigenvalue weighted by Gasteiger charge is -2.28. The fraction of sp³-hybridized carbons (Fsp3) is 0.696. The summed E-state index contributed by atoms with van der Waals surface area (Å²) in [6, 6.07) is 8.51. The lowest BCUT2D eigenvalue weighted by molar-refractivity contribution is 0.141. The highest BCUT2D eigenvalue weighted by Gasteiger charge is 2.33. The average molecular weight is 533 g/mol. The molecule has 6 nitrogen and oxygen atoms in total. The van der Waals surface area contributed by atoms with Gasteiger partial charge in [-0.2, -0.15) is 0 Å². The molecule has 0 aliphatic heterocycles. The molecule has 0 bridgehead atoms. The minimum Gasteiger partial charge on any atom is -0.497 e. The molecule has 1 aliphatic carbocycles. The average Bonchev–Trinajstić information content (AvgIpc) is 3.19. The molecule has 172 valence electrons. The van der Waals surface area contributed by atoms with Gasteiger partial charge in [-0.15, -0.1) is 24.0 Å². The van der Waals surface area contributed by atoms with Gasteiger partial charge in [0.2, 0.25) is 0 Å². The standard InChI is InChI=1S/C23H40N4O2.HI/c1-6-24-22(26-18-23(14-15-28-4)12-7-8-13-23)25-17-21(27(2)3)19-10-9-11-20(16-19)29-5;/h9-11,16,21H,6-8,12-15,17-18H2,1-5H3,(H2,24,25,26);1H. The van der Waals surface area contributed by atoms with E-state index in [0.717, 1.165) is 44.4 Å². The molecule has 7 heteroatoms. The number of aliphatic imine (C=N–C) groups is 1. The molecule has 1 saturated carbocycles. The van der Waals surface area contributed by atoms with E-state index in [1.54, 1.807) is 14.2 Å². The maximum atomic E-state index is 5.40. The number of nitrogens with one attached hydrogen (secondary N) is 2. The van der Waals surface area contributed by atoms with Gasteiger partial charge < -0.3 is 25.0 Å². The highest BCUT2D eigenvalue weighted by atomic mass is 127. The number of methoxy groups -OCH3 is 2. The van der Waals surface area contributed by atoms with E-state index < -0.39 is 0 Å². The number of benzene rings is 1. The molecule has 1 aliphatic rings. The SMILES string of the molecule is CCNC(=NCC1(CCOC)CCCC1)NCC(c1cccc(OC)c1)N(C)C.I. The molecule has 0 spiro atoms. The lowest BCUT2D eigenvalue weighted by Crippen LogP contribution is -2.42. The van der Waals surface area contributed by atoms with Crippen molar-refractivity contribution in [2.24, 2.45) is 10.4 Å². The molecule has 1 unspecified atom stereocenters. The number of hydrogen-bond donors (Lipinski definition) is 2. The van der Waals surface area contributed by atoms with Crippen LogP contribution in [-0.2, 0) is 4.74 Å². The topological polar surface area (TPSA) is 58.1 Å². The first kappa shape index (κ1) is 27.0. The van der Waals surface area contributed by atoms with Gasteiger partial charge in [-0.05, 0) is 63.4 Å². The van der Waals surface area contributed by atoms with Gasteiger partial charge in [0, 0.05) is 33.4 Å². The summed E-state index contributed by atoms with van der Waals surface area (Å²) in [7, 11) is 7.71. The third-order valence-electron chi connectivity index (χ3n) is 5.98. The number of hydrogen-bond acceptors (Lipinski definition) is 4. The van der Waals surface area contributed by atoms with Crippen LogP contribution >= 0.6 is 24.0 Å². The highest BCUT2D eigenvalue weighted by molar-refractivity contribution is 14.0. The van der Waals surface area contributed by atoms with Crippen LogP contribution in [0.15, 0.2) is 29.3 Å². The molecule has 0 amide bonds. The number of nitrogens with zero attached hydrogens (tertiary/aromatic N) is 2. The Balaban J connectivity index is 0.00000450. The molecule has 1 fully saturated rings. The van der Waals surface area contributed by atoms with Crippen molar-refractivity contribution < 1.29 is 9.47 Å². The van der Waals surface area contributed by atoms with Crippen molar-refractivity contribution in [3.8, 4) is 5.75 Å². The maximum Gasteiger partial charge on any atom is 0.191 e. The Hall–Kier alpha value is -1.06. The largest absolute Gasteiger partial charge is 0.497 e. The summed E-state index contributed by atoms with van der Waals surface area (Å²) < 4.78 is 10.8. The normalized spacial score (nSPS) is 16.8. The molecule has 2 N–H and O–H groups in total. The van der Waals surface area contributed by atoms with Crippen molar-refractivity contribution in [2.45, 2.75) is 45.1 Å². The Morgan fingerprint density at radius 2 is 1.93 bits per heavy atom. The Kier molecular flexibility index (Phi) is 12.7. The first-order chi connectivity index (χ1) is 14.0. The Labute approximate surface area is 200 Å². The fourth-order valence-corrected chi connectivity index (χ4v) is 4.16. The predicted octanol–water partition coefficient (Wildman–Crippen LogP) is 4.07. The summed E-state index contributed by atoms with van der Waals surface area (Å²) in [5.74, 6) is 1.78. The zero-order valence-electron chi connectivity index (χ0n) is 19.4. The van der Waals surface area contributed by atoms with Crippen molar-refractivity contribution in [3.63, 3.8) is 0 Å². The van der Waals surface area contributed by atoms with Crippen LogP contribution in [-0.4, -0.2) is 65.4 Å². The summed E-state index contributed by atoms with van der Waals surface area (Å²) in [5, 5.41) is 6.97. The van der Waals surface area contributed by atoms with Crippen LogP contribution in [0.2, 0.25) is 0 Å². The van der Waals surface area contributed by atoms with E-state index in [1.807, 2.05) is 12.1 Å². The van der Waals surface area contributed by atoms with Crippen LogP contribution < -0.4 is 15.4 Å². The molecule has 0 aromatic heterocycles. The van der Waals surface area contributed by atoms with Crippen molar-refractivity contribution in [1.82, 2.24) is 15.5 Å². The van der Waals surface area contributed by atoms with Gasteiger partial charge in [-0.3, -0.25) is 4.99 Å². The molecule has 1 aromatic rings. The summed E-state index contributed by atoms with van der Waals surface area (Å²) in [6.07, 6.45) is 6.22. The van der Waals surface area contributed by atoms with Crippen LogP contribution in [0.4, 0.5) is 0 Å². The van der Waals surface area contributed by atoms with Crippen LogP contribution in [0.3, 0.4) is 0 Å². The molecular formula is C23H41IN4O2. The number of halogens is 1. The lowest BCUT2D eigenvalue weighted by atomic mass is 9.83. The Morgan fingerprint density at radius 1 is 1.20 bits per heavy atom. The second kappa shape index (κ2) is 14.1. The van der Waals surface area contributed by atoms with E-state index in [9.17, 15) is 0 Å². The highest BCUT2D eigenvalue weighted by Crippen LogP contribution is 2.41. The predicted molar refractivity (Wildman–Crippen MR) is 136 cm³/mol. The minimum atomic E-state index is 0. The van der Waals surface area contributed by atoms with Gasteiger partial charge in [-0.25, -0.2) is 0 Å². The van der Waals surface area contributed by atoms with Crippen molar-refractivity contribution in [1.29, 1.82) is 0 Å². The van der Waals surface area contributed by atoms with Crippen molar-refractivity contribution in [2.75, 3.05) is 54.6 Å². The third kappa shape index (κ3) is 8.23. The van der Waals surface area contributed by atoms with E-state index in [4.69, 9.17) is 14.5 Å². The Bertz CT molecular complexity index is 633. The number of rotatable bonds is 11. The Morgan fingerprint density at radius 3 is 2.53 bits per heavy atom. The molecule has 1 aromatic carbocycles. The van der Waals surface area contributed by atoms with Crippen molar-refractivity contribution >= 4 is 29.9 Å². The number of likely N-dealkylation sites (N-methyl/N-ethyl adjacent to an activating group) is 1. The monoisotopic (exact) mass is 532 g/mol. The van der Waals surface area contributed by atoms with Gasteiger partial charge in [0.25, 0.3) is 0 Å². The maximum absolute atomic E-state index is 5.40. The second-order valence-corrected chi connectivity index (χ2v) is 8.28.